The lowest BCUT2D eigenvalue weighted by atomic mass is 10.1. The van der Waals surface area contributed by atoms with Crippen LogP contribution in [0.2, 0.25) is 0 Å². The molecule has 0 spiro atoms. The van der Waals surface area contributed by atoms with Crippen molar-refractivity contribution in [3.63, 3.8) is 0 Å². The van der Waals surface area contributed by atoms with Crippen molar-refractivity contribution in [3.05, 3.63) is 47.5 Å². The number of nitrogens with one attached hydrogen (secondary N) is 1. The lowest BCUT2D eigenvalue weighted by Gasteiger charge is -2.15. The number of carbonyl (C=O) groups is 3. The van der Waals surface area contributed by atoms with Crippen LogP contribution in [0.15, 0.2) is 30.4 Å². The molecule has 8 heteroatoms. The molecule has 24 heavy (non-hydrogen) atoms. The maximum Gasteiger partial charge on any atom is 0.330 e. The van der Waals surface area contributed by atoms with Crippen LogP contribution in [0.3, 0.4) is 0 Å². The Morgan fingerprint density at radius 2 is 1.79 bits per heavy atom. The number of benzene rings is 1. The molecular formula is C16H17F2NO5. The predicted molar refractivity (Wildman–Crippen MR) is 79.8 cm³/mol. The van der Waals surface area contributed by atoms with Crippen molar-refractivity contribution < 1.29 is 32.6 Å². The Bertz CT molecular complexity index is 625. The Morgan fingerprint density at radius 3 is 2.33 bits per heavy atom. The zero-order valence-electron chi connectivity index (χ0n) is 13.2. The van der Waals surface area contributed by atoms with Gasteiger partial charge in [0.1, 0.15) is 17.7 Å². The highest BCUT2D eigenvalue weighted by Gasteiger charge is 2.22. The molecule has 0 saturated heterocycles. The zero-order valence-corrected chi connectivity index (χ0v) is 13.2. The number of carbonyl (C=O) groups excluding carboxylic acids is 3. The second-order valence-electron chi connectivity index (χ2n) is 4.68. The van der Waals surface area contributed by atoms with E-state index < -0.39 is 47.5 Å². The summed E-state index contributed by atoms with van der Waals surface area (Å²) in [5, 5.41) is 2.31. The lowest BCUT2D eigenvalue weighted by molar-refractivity contribution is -0.145. The van der Waals surface area contributed by atoms with E-state index in [4.69, 9.17) is 0 Å². The number of methoxy groups -OCH3 is 2. The van der Waals surface area contributed by atoms with Gasteiger partial charge in [-0.05, 0) is 18.6 Å². The van der Waals surface area contributed by atoms with E-state index in [1.54, 1.807) is 0 Å². The first-order valence-corrected chi connectivity index (χ1v) is 6.93. The lowest BCUT2D eigenvalue weighted by Crippen LogP contribution is -2.42. The maximum atomic E-state index is 13.5. The summed E-state index contributed by atoms with van der Waals surface area (Å²) in [6, 6.07) is 2.14. The molecule has 1 rings (SSSR count). The van der Waals surface area contributed by atoms with Gasteiger partial charge in [-0.25, -0.2) is 18.4 Å². The first-order chi connectivity index (χ1) is 11.4. The van der Waals surface area contributed by atoms with Crippen LogP contribution in [0.25, 0.3) is 0 Å². The second kappa shape index (κ2) is 9.39. The van der Waals surface area contributed by atoms with E-state index in [0.29, 0.717) is 0 Å². The third kappa shape index (κ3) is 5.79. The molecule has 0 unspecified atom stereocenters. The van der Waals surface area contributed by atoms with E-state index in [2.05, 4.69) is 14.8 Å². The summed E-state index contributed by atoms with van der Waals surface area (Å²) in [6.07, 6.45) is 1.77. The highest BCUT2D eigenvalue weighted by molar-refractivity contribution is 5.86. The van der Waals surface area contributed by atoms with Crippen molar-refractivity contribution in [1.82, 2.24) is 5.32 Å². The van der Waals surface area contributed by atoms with Crippen molar-refractivity contribution >= 4 is 17.8 Å². The normalized spacial score (nSPS) is 11.8. The van der Waals surface area contributed by atoms with Crippen molar-refractivity contribution in [3.8, 4) is 0 Å². The summed E-state index contributed by atoms with van der Waals surface area (Å²) in [4.78, 5) is 34.6. The summed E-state index contributed by atoms with van der Waals surface area (Å²) >= 11 is 0. The van der Waals surface area contributed by atoms with E-state index in [1.165, 1.54) is 19.3 Å². The minimum absolute atomic E-state index is 0.0483. The second-order valence-corrected chi connectivity index (χ2v) is 4.68. The molecule has 130 valence electrons. The Kier molecular flexibility index (Phi) is 7.54. The molecule has 1 amide bonds. The first kappa shape index (κ1) is 19.3. The Balaban J connectivity index is 2.75. The highest BCUT2D eigenvalue weighted by atomic mass is 19.1. The highest BCUT2D eigenvalue weighted by Crippen LogP contribution is 2.12. The van der Waals surface area contributed by atoms with Gasteiger partial charge in [0, 0.05) is 11.6 Å². The maximum absolute atomic E-state index is 13.5. The summed E-state index contributed by atoms with van der Waals surface area (Å²) in [6.45, 7) is 0. The predicted octanol–water partition coefficient (Wildman–Crippen LogP) is 1.28. The number of esters is 2. The van der Waals surface area contributed by atoms with Gasteiger partial charge in [-0.15, -0.1) is 0 Å². The topological polar surface area (TPSA) is 81.7 Å². The molecule has 1 atom stereocenters. The van der Waals surface area contributed by atoms with Gasteiger partial charge in [0.05, 0.1) is 20.6 Å². The van der Waals surface area contributed by atoms with Crippen LogP contribution in [0.5, 0.6) is 0 Å². The van der Waals surface area contributed by atoms with Gasteiger partial charge in [-0.1, -0.05) is 12.1 Å². The van der Waals surface area contributed by atoms with Crippen LogP contribution in [0.1, 0.15) is 12.0 Å². The van der Waals surface area contributed by atoms with Crippen LogP contribution in [-0.2, 0) is 30.3 Å². The number of rotatable bonds is 7. The third-order valence-corrected chi connectivity index (χ3v) is 3.05. The zero-order chi connectivity index (χ0) is 18.1. The molecule has 0 aliphatic heterocycles. The van der Waals surface area contributed by atoms with Gasteiger partial charge in [-0.3, -0.25) is 4.79 Å². The number of halogens is 2. The van der Waals surface area contributed by atoms with Gasteiger partial charge < -0.3 is 14.8 Å². The molecule has 6 nitrogen and oxygen atoms in total. The fraction of sp³-hybridized carbons (Fsp3) is 0.312. The van der Waals surface area contributed by atoms with Crippen molar-refractivity contribution in [2.75, 3.05) is 14.2 Å². The smallest absolute Gasteiger partial charge is 0.330 e. The summed E-state index contributed by atoms with van der Waals surface area (Å²) in [7, 11) is 2.32. The first-order valence-electron chi connectivity index (χ1n) is 6.93. The third-order valence-electron chi connectivity index (χ3n) is 3.05. The minimum atomic E-state index is -1.10. The van der Waals surface area contributed by atoms with Gasteiger partial charge >= 0.3 is 11.9 Å². The van der Waals surface area contributed by atoms with Crippen molar-refractivity contribution in [2.24, 2.45) is 0 Å². The molecule has 1 aromatic carbocycles. The Morgan fingerprint density at radius 1 is 1.17 bits per heavy atom. The largest absolute Gasteiger partial charge is 0.467 e. The van der Waals surface area contributed by atoms with Gasteiger partial charge in [0.15, 0.2) is 0 Å². The van der Waals surface area contributed by atoms with Crippen LogP contribution in [0.4, 0.5) is 8.78 Å². The molecular weight excluding hydrogens is 324 g/mol. The van der Waals surface area contributed by atoms with E-state index >= 15 is 0 Å². The fourth-order valence-electron chi connectivity index (χ4n) is 1.83. The molecule has 0 bridgehead atoms. The van der Waals surface area contributed by atoms with Crippen LogP contribution >= 0.6 is 0 Å². The fourth-order valence-corrected chi connectivity index (χ4v) is 1.83. The average Bonchev–Trinajstić information content (AvgIpc) is 2.56. The monoisotopic (exact) mass is 341 g/mol. The SMILES string of the molecule is COC(=O)/C=C/C[C@@H](NC(=O)Cc1c(F)cccc1F)C(=O)OC. The van der Waals surface area contributed by atoms with Crippen LogP contribution in [0, 0.1) is 11.6 Å². The van der Waals surface area contributed by atoms with Crippen LogP contribution < -0.4 is 5.32 Å². The molecule has 0 radical (unpaired) electrons. The standard InChI is InChI=1S/C16H17F2NO5/c1-23-15(21)8-4-7-13(16(22)24-2)19-14(20)9-10-11(17)5-3-6-12(10)18/h3-6,8,13H,7,9H2,1-2H3,(H,19,20)/b8-4+/t13-/m1/s1. The van der Waals surface area contributed by atoms with Gasteiger partial charge in [-0.2, -0.15) is 0 Å². The van der Waals surface area contributed by atoms with E-state index in [-0.39, 0.29) is 6.42 Å². The molecule has 0 heterocycles. The summed E-state index contributed by atoms with van der Waals surface area (Å²) in [5.74, 6) is -3.86. The Hall–Kier alpha value is -2.77. The molecule has 0 saturated carbocycles. The van der Waals surface area contributed by atoms with Gasteiger partial charge in [0.2, 0.25) is 5.91 Å². The van der Waals surface area contributed by atoms with Gasteiger partial charge in [0.25, 0.3) is 0 Å². The van der Waals surface area contributed by atoms with E-state index in [9.17, 15) is 23.2 Å². The number of ether oxygens (including phenoxy) is 2. The molecule has 0 aliphatic carbocycles. The Labute approximate surface area is 137 Å². The van der Waals surface area contributed by atoms with Crippen molar-refractivity contribution in [1.29, 1.82) is 0 Å². The number of hydrogen-bond donors (Lipinski definition) is 1. The summed E-state index contributed by atoms with van der Waals surface area (Å²) < 4.78 is 36.0. The van der Waals surface area contributed by atoms with Crippen LogP contribution in [-0.4, -0.2) is 38.1 Å². The molecule has 0 aromatic heterocycles. The number of hydrogen-bond acceptors (Lipinski definition) is 5. The molecule has 1 N–H and O–H groups in total. The van der Waals surface area contributed by atoms with E-state index in [1.807, 2.05) is 0 Å². The van der Waals surface area contributed by atoms with E-state index in [0.717, 1.165) is 25.3 Å². The summed E-state index contributed by atoms with van der Waals surface area (Å²) in [5.41, 5.74) is -0.399. The average molecular weight is 341 g/mol. The van der Waals surface area contributed by atoms with Crippen molar-refractivity contribution in [2.45, 2.75) is 18.9 Å². The number of amides is 1. The quantitative estimate of drug-likeness (QED) is 0.597. The molecule has 0 fully saturated rings. The molecule has 0 aliphatic rings. The molecule has 1 aromatic rings. The minimum Gasteiger partial charge on any atom is -0.467 e.